The number of nitrogens with zero attached hydrogens (tertiary/aromatic N) is 4. The summed E-state index contributed by atoms with van der Waals surface area (Å²) in [5.74, 6) is 1.11. The SMILES string of the molecule is C[C@H]1CN(Cc2ccc3onc(N4CCC(=O)NC4=O)c3c2)CCN1CC1CCCCC1. The molecule has 8 nitrogen and oxygen atoms in total. The van der Waals surface area contributed by atoms with E-state index in [9.17, 15) is 9.59 Å². The molecule has 0 spiro atoms. The van der Waals surface area contributed by atoms with E-state index in [0.29, 0.717) is 24.0 Å². The number of piperazine rings is 1. The summed E-state index contributed by atoms with van der Waals surface area (Å²) >= 11 is 0. The molecule has 1 aromatic carbocycles. The van der Waals surface area contributed by atoms with Gasteiger partial charge in [-0.15, -0.1) is 0 Å². The highest BCUT2D eigenvalue weighted by Gasteiger charge is 2.29. The number of urea groups is 1. The van der Waals surface area contributed by atoms with E-state index in [1.165, 1.54) is 49.1 Å². The van der Waals surface area contributed by atoms with Crippen molar-refractivity contribution in [1.82, 2.24) is 20.3 Å². The van der Waals surface area contributed by atoms with Crippen LogP contribution in [0.1, 0.15) is 51.0 Å². The van der Waals surface area contributed by atoms with Gasteiger partial charge in [0, 0.05) is 51.7 Å². The fourth-order valence-electron chi connectivity index (χ4n) is 5.48. The molecule has 0 bridgehead atoms. The molecule has 1 aromatic heterocycles. The first-order valence-electron chi connectivity index (χ1n) is 12.0. The van der Waals surface area contributed by atoms with Crippen molar-refractivity contribution in [2.45, 2.75) is 58.0 Å². The maximum atomic E-state index is 12.3. The number of carbonyl (C=O) groups is 2. The quantitative estimate of drug-likeness (QED) is 0.769. The number of hydrogen-bond donors (Lipinski definition) is 1. The molecule has 1 saturated carbocycles. The monoisotopic (exact) mass is 439 g/mol. The highest BCUT2D eigenvalue weighted by Crippen LogP contribution is 2.29. The third-order valence-corrected chi connectivity index (χ3v) is 7.30. The fraction of sp³-hybridized carbons (Fsp3) is 0.625. The fourth-order valence-corrected chi connectivity index (χ4v) is 5.48. The van der Waals surface area contributed by atoms with Crippen LogP contribution < -0.4 is 10.2 Å². The molecule has 2 aliphatic heterocycles. The zero-order chi connectivity index (χ0) is 22.1. The van der Waals surface area contributed by atoms with Crippen molar-refractivity contribution in [2.24, 2.45) is 5.92 Å². The topological polar surface area (TPSA) is 81.9 Å². The summed E-state index contributed by atoms with van der Waals surface area (Å²) in [6.07, 6.45) is 7.29. The first-order chi connectivity index (χ1) is 15.6. The van der Waals surface area contributed by atoms with E-state index in [1.807, 2.05) is 6.07 Å². The van der Waals surface area contributed by atoms with Crippen molar-refractivity contribution in [3.05, 3.63) is 23.8 Å². The van der Waals surface area contributed by atoms with Crippen molar-refractivity contribution < 1.29 is 14.1 Å². The molecule has 0 unspecified atom stereocenters. The number of amides is 3. The molecule has 2 saturated heterocycles. The number of anilines is 1. The second kappa shape index (κ2) is 9.19. The van der Waals surface area contributed by atoms with Crippen LogP contribution in [0.4, 0.5) is 10.6 Å². The van der Waals surface area contributed by atoms with E-state index in [4.69, 9.17) is 4.52 Å². The molecule has 0 radical (unpaired) electrons. The second-order valence-corrected chi connectivity index (χ2v) is 9.67. The number of benzene rings is 1. The minimum absolute atomic E-state index is 0.253. The third-order valence-electron chi connectivity index (χ3n) is 7.30. The second-order valence-electron chi connectivity index (χ2n) is 9.67. The Balaban J connectivity index is 1.24. The van der Waals surface area contributed by atoms with Gasteiger partial charge in [-0.05, 0) is 43.4 Å². The summed E-state index contributed by atoms with van der Waals surface area (Å²) in [6.45, 7) is 8.06. The summed E-state index contributed by atoms with van der Waals surface area (Å²) in [5, 5.41) is 7.29. The van der Waals surface area contributed by atoms with Gasteiger partial charge in [0.05, 0.1) is 5.39 Å². The van der Waals surface area contributed by atoms with Crippen molar-refractivity contribution in [3.8, 4) is 0 Å². The first kappa shape index (κ1) is 21.4. The molecular formula is C24H33N5O3. The Morgan fingerprint density at radius 2 is 1.97 bits per heavy atom. The van der Waals surface area contributed by atoms with Crippen LogP contribution in [0.15, 0.2) is 22.7 Å². The number of carbonyl (C=O) groups excluding carboxylic acids is 2. The van der Waals surface area contributed by atoms with E-state index in [1.54, 1.807) is 0 Å². The molecule has 3 aliphatic rings. The molecule has 1 atom stereocenters. The number of rotatable bonds is 5. The highest BCUT2D eigenvalue weighted by atomic mass is 16.5. The largest absolute Gasteiger partial charge is 0.354 e. The summed E-state index contributed by atoms with van der Waals surface area (Å²) < 4.78 is 5.45. The number of hydrogen-bond acceptors (Lipinski definition) is 6. The summed E-state index contributed by atoms with van der Waals surface area (Å²) in [7, 11) is 0. The first-order valence-corrected chi connectivity index (χ1v) is 12.0. The van der Waals surface area contributed by atoms with Gasteiger partial charge in [-0.3, -0.25) is 24.8 Å². The Morgan fingerprint density at radius 3 is 2.75 bits per heavy atom. The van der Waals surface area contributed by atoms with Gasteiger partial charge < -0.3 is 4.52 Å². The average Bonchev–Trinajstić information content (AvgIpc) is 3.19. The Labute approximate surface area is 188 Å². The Bertz CT molecular complexity index is 983. The molecule has 2 aromatic rings. The molecule has 1 aliphatic carbocycles. The zero-order valence-corrected chi connectivity index (χ0v) is 18.9. The van der Waals surface area contributed by atoms with Crippen LogP contribution in [-0.4, -0.2) is 65.7 Å². The molecule has 5 rings (SSSR count). The van der Waals surface area contributed by atoms with Crippen LogP contribution in [0.2, 0.25) is 0 Å². The maximum absolute atomic E-state index is 12.3. The molecule has 1 N–H and O–H groups in total. The summed E-state index contributed by atoms with van der Waals surface area (Å²) in [6, 6.07) is 6.21. The number of nitrogens with one attached hydrogen (secondary N) is 1. The molecular weight excluding hydrogens is 406 g/mol. The van der Waals surface area contributed by atoms with Crippen molar-refractivity contribution in [2.75, 3.05) is 37.6 Å². The lowest BCUT2D eigenvalue weighted by atomic mass is 9.88. The highest BCUT2D eigenvalue weighted by molar-refractivity contribution is 6.08. The van der Waals surface area contributed by atoms with E-state index < -0.39 is 6.03 Å². The van der Waals surface area contributed by atoms with E-state index in [0.717, 1.165) is 37.5 Å². The minimum Gasteiger partial charge on any atom is -0.354 e. The molecule has 3 amide bonds. The van der Waals surface area contributed by atoms with Crippen molar-refractivity contribution in [1.29, 1.82) is 0 Å². The van der Waals surface area contributed by atoms with E-state index in [-0.39, 0.29) is 12.3 Å². The van der Waals surface area contributed by atoms with Crippen LogP contribution in [0.5, 0.6) is 0 Å². The smallest absolute Gasteiger partial charge is 0.329 e. The van der Waals surface area contributed by atoms with E-state index in [2.05, 4.69) is 39.3 Å². The van der Waals surface area contributed by atoms with Gasteiger partial charge in [0.15, 0.2) is 11.4 Å². The molecule has 172 valence electrons. The van der Waals surface area contributed by atoms with Crippen LogP contribution in [-0.2, 0) is 11.3 Å². The lowest BCUT2D eigenvalue weighted by Gasteiger charge is -2.42. The molecule has 3 fully saturated rings. The van der Waals surface area contributed by atoms with Gasteiger partial charge in [0.1, 0.15) is 0 Å². The van der Waals surface area contributed by atoms with Crippen molar-refractivity contribution in [3.63, 3.8) is 0 Å². The Hall–Kier alpha value is -2.45. The number of fused-ring (bicyclic) bond motifs is 1. The van der Waals surface area contributed by atoms with Gasteiger partial charge in [0.25, 0.3) is 0 Å². The van der Waals surface area contributed by atoms with Gasteiger partial charge in [0.2, 0.25) is 5.91 Å². The third kappa shape index (κ3) is 4.52. The van der Waals surface area contributed by atoms with Gasteiger partial charge in [-0.2, -0.15) is 0 Å². The van der Waals surface area contributed by atoms with Crippen molar-refractivity contribution >= 4 is 28.7 Å². The van der Waals surface area contributed by atoms with Gasteiger partial charge in [-0.25, -0.2) is 4.79 Å². The lowest BCUT2D eigenvalue weighted by Crippen LogP contribution is -2.52. The maximum Gasteiger partial charge on any atom is 0.329 e. The lowest BCUT2D eigenvalue weighted by molar-refractivity contribution is -0.120. The average molecular weight is 440 g/mol. The minimum atomic E-state index is -0.440. The van der Waals surface area contributed by atoms with Crippen LogP contribution in [0.25, 0.3) is 11.0 Å². The number of aromatic nitrogens is 1. The molecule has 8 heteroatoms. The van der Waals surface area contributed by atoms with Gasteiger partial charge in [-0.1, -0.05) is 30.5 Å². The summed E-state index contributed by atoms with van der Waals surface area (Å²) in [4.78, 5) is 30.4. The van der Waals surface area contributed by atoms with Gasteiger partial charge >= 0.3 is 6.03 Å². The van der Waals surface area contributed by atoms with E-state index >= 15 is 0 Å². The van der Waals surface area contributed by atoms with Crippen LogP contribution in [0.3, 0.4) is 0 Å². The Kier molecular flexibility index (Phi) is 6.15. The summed E-state index contributed by atoms with van der Waals surface area (Å²) in [5.41, 5.74) is 1.84. The normalized spacial score (nSPS) is 24.3. The predicted octanol–water partition coefficient (Wildman–Crippen LogP) is 3.36. The molecule has 3 heterocycles. The Morgan fingerprint density at radius 1 is 1.12 bits per heavy atom. The zero-order valence-electron chi connectivity index (χ0n) is 18.9. The standard InChI is InChI=1S/C24H33N5O3/c1-17-14-27(11-12-28(17)16-18-5-3-2-4-6-18)15-19-7-8-21-20(13-19)23(26-32-21)29-10-9-22(30)25-24(29)31/h7-8,13,17-18H,2-6,9-12,14-16H2,1H3,(H,25,30,31)/t17-/m0/s1. The molecule has 32 heavy (non-hydrogen) atoms. The van der Waals surface area contributed by atoms with Crippen LogP contribution >= 0.6 is 0 Å². The predicted molar refractivity (Wildman–Crippen MR) is 122 cm³/mol. The van der Waals surface area contributed by atoms with Crippen LogP contribution in [0, 0.1) is 5.92 Å². The number of imide groups is 1.